The van der Waals surface area contributed by atoms with Crippen molar-refractivity contribution in [2.75, 3.05) is 19.7 Å². The second-order valence-corrected chi connectivity index (χ2v) is 4.72. The Morgan fingerprint density at radius 3 is 2.52 bits per heavy atom. The Balaban J connectivity index is 2.94. The quantitative estimate of drug-likeness (QED) is 0.687. The lowest BCUT2D eigenvalue weighted by atomic mass is 10.2. The highest BCUT2D eigenvalue weighted by atomic mass is 16.5. The number of ether oxygens (including phenoxy) is 1. The predicted molar refractivity (Wildman–Crippen MR) is 80.1 cm³/mol. The van der Waals surface area contributed by atoms with Crippen molar-refractivity contribution in [2.24, 2.45) is 0 Å². The van der Waals surface area contributed by atoms with Crippen LogP contribution in [0.2, 0.25) is 0 Å². The average Bonchev–Trinajstić information content (AvgIpc) is 2.89. The van der Waals surface area contributed by atoms with Gasteiger partial charge in [-0.3, -0.25) is 14.3 Å². The molecular weight excluding hydrogens is 270 g/mol. The van der Waals surface area contributed by atoms with Gasteiger partial charge in [0, 0.05) is 13.1 Å². The van der Waals surface area contributed by atoms with E-state index in [1.807, 2.05) is 20.8 Å². The van der Waals surface area contributed by atoms with Crippen molar-refractivity contribution in [2.45, 2.75) is 47.1 Å². The van der Waals surface area contributed by atoms with E-state index in [9.17, 15) is 9.59 Å². The zero-order chi connectivity index (χ0) is 15.8. The van der Waals surface area contributed by atoms with Gasteiger partial charge in [-0.1, -0.05) is 13.8 Å². The Morgan fingerprint density at radius 1 is 1.29 bits per heavy atom. The highest BCUT2D eigenvalue weighted by Gasteiger charge is 2.22. The third kappa shape index (κ3) is 4.58. The van der Waals surface area contributed by atoms with Gasteiger partial charge in [0.15, 0.2) is 0 Å². The van der Waals surface area contributed by atoms with Crippen molar-refractivity contribution in [3.63, 3.8) is 0 Å². The number of nitrogens with zero attached hydrogens (tertiary/aromatic N) is 3. The topological polar surface area (TPSA) is 64.4 Å². The molecule has 0 aliphatic heterocycles. The number of rotatable bonds is 8. The van der Waals surface area contributed by atoms with Gasteiger partial charge in [0.2, 0.25) is 0 Å². The second-order valence-electron chi connectivity index (χ2n) is 4.72. The van der Waals surface area contributed by atoms with Crippen LogP contribution in [0, 0.1) is 0 Å². The molecule has 118 valence electrons. The Labute approximate surface area is 126 Å². The zero-order valence-corrected chi connectivity index (χ0v) is 13.4. The van der Waals surface area contributed by atoms with Crippen LogP contribution >= 0.6 is 0 Å². The normalized spacial score (nSPS) is 10.5. The maximum atomic E-state index is 12.6. The summed E-state index contributed by atoms with van der Waals surface area (Å²) in [6.07, 6.45) is 1.56. The number of hydrogen-bond donors (Lipinski definition) is 0. The average molecular weight is 295 g/mol. The van der Waals surface area contributed by atoms with E-state index in [0.717, 1.165) is 18.5 Å². The van der Waals surface area contributed by atoms with Crippen LogP contribution in [0.4, 0.5) is 0 Å². The lowest BCUT2D eigenvalue weighted by Gasteiger charge is -2.21. The predicted octanol–water partition coefficient (Wildman–Crippen LogP) is 1.88. The SMILES string of the molecule is CCCN(CC(=O)OCC)C(=O)c1cc(CC)nn1CC. The summed E-state index contributed by atoms with van der Waals surface area (Å²) in [7, 11) is 0. The third-order valence-corrected chi connectivity index (χ3v) is 3.12. The lowest BCUT2D eigenvalue weighted by molar-refractivity contribution is -0.143. The van der Waals surface area contributed by atoms with E-state index in [2.05, 4.69) is 5.10 Å². The van der Waals surface area contributed by atoms with Gasteiger partial charge in [-0.2, -0.15) is 5.10 Å². The van der Waals surface area contributed by atoms with Gasteiger partial charge < -0.3 is 9.64 Å². The molecule has 0 unspecified atom stereocenters. The van der Waals surface area contributed by atoms with Crippen LogP contribution in [0.15, 0.2) is 6.07 Å². The largest absolute Gasteiger partial charge is 0.465 e. The third-order valence-electron chi connectivity index (χ3n) is 3.12. The first-order valence-corrected chi connectivity index (χ1v) is 7.58. The number of aromatic nitrogens is 2. The first kappa shape index (κ1) is 17.2. The molecule has 0 atom stereocenters. The second kappa shape index (κ2) is 8.44. The summed E-state index contributed by atoms with van der Waals surface area (Å²) in [6, 6.07) is 1.81. The highest BCUT2D eigenvalue weighted by Crippen LogP contribution is 2.10. The fourth-order valence-corrected chi connectivity index (χ4v) is 2.10. The van der Waals surface area contributed by atoms with Gasteiger partial charge >= 0.3 is 5.97 Å². The van der Waals surface area contributed by atoms with E-state index >= 15 is 0 Å². The van der Waals surface area contributed by atoms with Crippen molar-refractivity contribution >= 4 is 11.9 Å². The Hall–Kier alpha value is -1.85. The van der Waals surface area contributed by atoms with Crippen molar-refractivity contribution in [1.82, 2.24) is 14.7 Å². The molecule has 0 aliphatic carbocycles. The minimum Gasteiger partial charge on any atom is -0.465 e. The van der Waals surface area contributed by atoms with Crippen LogP contribution in [-0.2, 0) is 22.5 Å². The van der Waals surface area contributed by atoms with Crippen molar-refractivity contribution in [1.29, 1.82) is 0 Å². The zero-order valence-electron chi connectivity index (χ0n) is 13.4. The molecule has 1 heterocycles. The molecular formula is C15H25N3O3. The van der Waals surface area contributed by atoms with E-state index in [0.29, 0.717) is 25.4 Å². The first-order chi connectivity index (χ1) is 10.1. The van der Waals surface area contributed by atoms with E-state index < -0.39 is 0 Å². The summed E-state index contributed by atoms with van der Waals surface area (Å²) in [5, 5.41) is 4.38. The molecule has 0 radical (unpaired) electrons. The summed E-state index contributed by atoms with van der Waals surface area (Å²) in [5.74, 6) is -0.545. The molecule has 6 heteroatoms. The molecule has 1 rings (SSSR count). The summed E-state index contributed by atoms with van der Waals surface area (Å²) >= 11 is 0. The van der Waals surface area contributed by atoms with Gasteiger partial charge in [0.1, 0.15) is 12.2 Å². The van der Waals surface area contributed by atoms with E-state index in [4.69, 9.17) is 4.74 Å². The minimum atomic E-state index is -0.377. The fourth-order valence-electron chi connectivity index (χ4n) is 2.10. The standard InChI is InChI=1S/C15H25N3O3/c1-5-9-17(11-14(19)21-8-4)15(20)13-10-12(6-2)16-18(13)7-3/h10H,5-9,11H2,1-4H3. The maximum absolute atomic E-state index is 12.6. The number of carbonyl (C=O) groups is 2. The lowest BCUT2D eigenvalue weighted by Crippen LogP contribution is -2.38. The molecule has 0 fully saturated rings. The van der Waals surface area contributed by atoms with Gasteiger partial charge in [-0.05, 0) is 32.8 Å². The van der Waals surface area contributed by atoms with E-state index in [-0.39, 0.29) is 18.4 Å². The van der Waals surface area contributed by atoms with Crippen LogP contribution in [0.5, 0.6) is 0 Å². The summed E-state index contributed by atoms with van der Waals surface area (Å²) in [6.45, 7) is 9.12. The van der Waals surface area contributed by atoms with Crippen LogP contribution in [0.1, 0.15) is 50.3 Å². The molecule has 0 aliphatic rings. The molecule has 1 aromatic heterocycles. The van der Waals surface area contributed by atoms with Crippen LogP contribution < -0.4 is 0 Å². The summed E-state index contributed by atoms with van der Waals surface area (Å²) < 4.78 is 6.62. The van der Waals surface area contributed by atoms with Crippen molar-refractivity contribution < 1.29 is 14.3 Å². The molecule has 0 spiro atoms. The summed E-state index contributed by atoms with van der Waals surface area (Å²) in [5.41, 5.74) is 1.42. The van der Waals surface area contributed by atoms with E-state index in [1.165, 1.54) is 4.90 Å². The van der Waals surface area contributed by atoms with E-state index in [1.54, 1.807) is 17.7 Å². The number of carbonyl (C=O) groups excluding carboxylic acids is 2. The molecule has 0 saturated heterocycles. The molecule has 0 aromatic carbocycles. The van der Waals surface area contributed by atoms with Gasteiger partial charge in [0.25, 0.3) is 5.91 Å². The van der Waals surface area contributed by atoms with Gasteiger partial charge in [0.05, 0.1) is 12.3 Å². The minimum absolute atomic E-state index is 0.0170. The summed E-state index contributed by atoms with van der Waals surface area (Å²) in [4.78, 5) is 25.8. The van der Waals surface area contributed by atoms with Crippen LogP contribution in [0.25, 0.3) is 0 Å². The molecule has 0 bridgehead atoms. The molecule has 0 N–H and O–H groups in total. The Morgan fingerprint density at radius 2 is 2.00 bits per heavy atom. The van der Waals surface area contributed by atoms with Crippen LogP contribution in [-0.4, -0.2) is 46.3 Å². The van der Waals surface area contributed by atoms with Crippen molar-refractivity contribution in [3.8, 4) is 0 Å². The number of aryl methyl sites for hydroxylation is 2. The number of hydrogen-bond acceptors (Lipinski definition) is 4. The highest BCUT2D eigenvalue weighted by molar-refractivity contribution is 5.94. The Kier molecular flexibility index (Phi) is 6.91. The molecule has 1 aromatic rings. The molecule has 21 heavy (non-hydrogen) atoms. The number of amides is 1. The van der Waals surface area contributed by atoms with Gasteiger partial charge in [-0.25, -0.2) is 0 Å². The molecule has 6 nitrogen and oxygen atoms in total. The van der Waals surface area contributed by atoms with Crippen molar-refractivity contribution in [3.05, 3.63) is 17.5 Å². The molecule has 0 saturated carbocycles. The fraction of sp³-hybridized carbons (Fsp3) is 0.667. The number of esters is 1. The molecule has 1 amide bonds. The first-order valence-electron chi connectivity index (χ1n) is 7.58. The Bertz CT molecular complexity index is 483. The van der Waals surface area contributed by atoms with Crippen LogP contribution in [0.3, 0.4) is 0 Å². The monoisotopic (exact) mass is 295 g/mol. The smallest absolute Gasteiger partial charge is 0.325 e. The van der Waals surface area contributed by atoms with Gasteiger partial charge in [-0.15, -0.1) is 0 Å². The maximum Gasteiger partial charge on any atom is 0.325 e.